The van der Waals surface area contributed by atoms with Crippen molar-refractivity contribution in [2.45, 2.75) is 6.54 Å². The summed E-state index contributed by atoms with van der Waals surface area (Å²) < 4.78 is 10.5. The summed E-state index contributed by atoms with van der Waals surface area (Å²) in [5.74, 6) is 1.24. The van der Waals surface area contributed by atoms with Crippen LogP contribution in [0.3, 0.4) is 0 Å². The van der Waals surface area contributed by atoms with Crippen LogP contribution < -0.4 is 15.2 Å². The Labute approximate surface area is 110 Å². The molecule has 4 heteroatoms. The molecule has 0 aliphatic carbocycles. The average molecular weight is 255 g/mol. The van der Waals surface area contributed by atoms with Gasteiger partial charge in [0, 0.05) is 17.7 Å². The van der Waals surface area contributed by atoms with E-state index in [0.717, 1.165) is 5.56 Å². The summed E-state index contributed by atoms with van der Waals surface area (Å²) in [5.41, 5.74) is 7.73. The van der Waals surface area contributed by atoms with Crippen LogP contribution in [0, 0.1) is 0 Å². The van der Waals surface area contributed by atoms with Gasteiger partial charge in [0.1, 0.15) is 0 Å². The van der Waals surface area contributed by atoms with Crippen LogP contribution in [-0.4, -0.2) is 12.6 Å². The van der Waals surface area contributed by atoms with E-state index < -0.39 is 0 Å². The fraction of sp³-hybridized carbons (Fsp3) is 0.133. The van der Waals surface area contributed by atoms with Crippen molar-refractivity contribution in [3.05, 3.63) is 59.2 Å². The first kappa shape index (κ1) is 11.7. The van der Waals surface area contributed by atoms with Gasteiger partial charge in [-0.25, -0.2) is 0 Å². The van der Waals surface area contributed by atoms with E-state index >= 15 is 0 Å². The number of ketones is 1. The lowest BCUT2D eigenvalue weighted by Gasteiger charge is -2.04. The van der Waals surface area contributed by atoms with Gasteiger partial charge in [-0.3, -0.25) is 4.79 Å². The van der Waals surface area contributed by atoms with Gasteiger partial charge in [-0.05, 0) is 29.8 Å². The molecule has 0 unspecified atom stereocenters. The van der Waals surface area contributed by atoms with Gasteiger partial charge in [-0.2, -0.15) is 0 Å². The number of carbonyl (C=O) groups excluding carboxylic acids is 1. The maximum absolute atomic E-state index is 12.4. The molecule has 1 aliphatic heterocycles. The van der Waals surface area contributed by atoms with Gasteiger partial charge in [0.2, 0.25) is 6.79 Å². The highest BCUT2D eigenvalue weighted by molar-refractivity contribution is 6.09. The lowest BCUT2D eigenvalue weighted by atomic mass is 10.0. The van der Waals surface area contributed by atoms with Gasteiger partial charge >= 0.3 is 0 Å². The second-order valence-corrected chi connectivity index (χ2v) is 4.30. The molecular formula is C15H13NO3. The fourth-order valence-corrected chi connectivity index (χ4v) is 2.04. The largest absolute Gasteiger partial charge is 0.454 e. The number of nitrogens with two attached hydrogens (primary N) is 1. The monoisotopic (exact) mass is 255 g/mol. The zero-order chi connectivity index (χ0) is 13.2. The molecule has 0 radical (unpaired) electrons. The number of hydrogen-bond acceptors (Lipinski definition) is 4. The first-order chi connectivity index (χ1) is 9.28. The van der Waals surface area contributed by atoms with E-state index in [4.69, 9.17) is 15.2 Å². The number of carbonyl (C=O) groups is 1. The molecule has 0 spiro atoms. The smallest absolute Gasteiger partial charge is 0.231 e. The van der Waals surface area contributed by atoms with Crippen molar-refractivity contribution in [1.29, 1.82) is 0 Å². The third kappa shape index (κ3) is 2.18. The van der Waals surface area contributed by atoms with Gasteiger partial charge in [0.05, 0.1) is 0 Å². The molecule has 4 nitrogen and oxygen atoms in total. The van der Waals surface area contributed by atoms with E-state index in [9.17, 15) is 4.79 Å². The van der Waals surface area contributed by atoms with Crippen LogP contribution in [0.4, 0.5) is 0 Å². The maximum Gasteiger partial charge on any atom is 0.231 e. The van der Waals surface area contributed by atoms with E-state index in [-0.39, 0.29) is 12.6 Å². The Balaban J connectivity index is 1.95. The molecule has 2 N–H and O–H groups in total. The van der Waals surface area contributed by atoms with Crippen molar-refractivity contribution in [3.8, 4) is 11.5 Å². The highest BCUT2D eigenvalue weighted by atomic mass is 16.7. The van der Waals surface area contributed by atoms with Gasteiger partial charge in [-0.15, -0.1) is 0 Å². The molecule has 2 aromatic carbocycles. The summed E-state index contributed by atoms with van der Waals surface area (Å²) in [7, 11) is 0. The first-order valence-electron chi connectivity index (χ1n) is 6.01. The quantitative estimate of drug-likeness (QED) is 0.853. The van der Waals surface area contributed by atoms with Gasteiger partial charge in [-0.1, -0.05) is 18.2 Å². The van der Waals surface area contributed by atoms with E-state index in [1.54, 1.807) is 24.3 Å². The second kappa shape index (κ2) is 4.74. The second-order valence-electron chi connectivity index (χ2n) is 4.30. The zero-order valence-electron chi connectivity index (χ0n) is 10.3. The van der Waals surface area contributed by atoms with Crippen LogP contribution >= 0.6 is 0 Å². The predicted molar refractivity (Wildman–Crippen MR) is 70.3 cm³/mol. The minimum Gasteiger partial charge on any atom is -0.454 e. The number of hydrogen-bond donors (Lipinski definition) is 1. The molecule has 3 rings (SSSR count). The topological polar surface area (TPSA) is 61.6 Å². The predicted octanol–water partition coefficient (Wildman–Crippen LogP) is 2.10. The van der Waals surface area contributed by atoms with Crippen molar-refractivity contribution in [2.24, 2.45) is 5.73 Å². The Hall–Kier alpha value is -2.33. The standard InChI is InChI=1S/C15H13NO3/c16-8-10-2-1-3-11(6-10)15(17)12-4-5-13-14(7-12)19-9-18-13/h1-7H,8-9,16H2. The molecule has 1 aliphatic rings. The van der Waals surface area contributed by atoms with Crippen LogP contribution in [0.15, 0.2) is 42.5 Å². The third-order valence-corrected chi connectivity index (χ3v) is 3.06. The molecule has 0 saturated carbocycles. The molecule has 0 atom stereocenters. The van der Waals surface area contributed by atoms with Crippen molar-refractivity contribution in [1.82, 2.24) is 0 Å². The summed E-state index contributed by atoms with van der Waals surface area (Å²) in [6, 6.07) is 12.5. The summed E-state index contributed by atoms with van der Waals surface area (Å²) in [6.45, 7) is 0.623. The third-order valence-electron chi connectivity index (χ3n) is 3.06. The van der Waals surface area contributed by atoms with Crippen LogP contribution in [-0.2, 0) is 6.54 Å². The number of ether oxygens (including phenoxy) is 2. The van der Waals surface area contributed by atoms with E-state index in [0.29, 0.717) is 29.2 Å². The van der Waals surface area contributed by atoms with Crippen LogP contribution in [0.2, 0.25) is 0 Å². The Morgan fingerprint density at radius 3 is 2.68 bits per heavy atom. The minimum absolute atomic E-state index is 0.0476. The molecular weight excluding hydrogens is 242 g/mol. The van der Waals surface area contributed by atoms with Crippen molar-refractivity contribution in [3.63, 3.8) is 0 Å². The molecule has 0 fully saturated rings. The number of fused-ring (bicyclic) bond motifs is 1. The first-order valence-corrected chi connectivity index (χ1v) is 6.01. The van der Waals surface area contributed by atoms with Crippen LogP contribution in [0.1, 0.15) is 21.5 Å². The summed E-state index contributed by atoms with van der Waals surface area (Å²) >= 11 is 0. The van der Waals surface area contributed by atoms with E-state index in [1.807, 2.05) is 18.2 Å². The van der Waals surface area contributed by atoms with Crippen molar-refractivity contribution >= 4 is 5.78 Å². The highest BCUT2D eigenvalue weighted by Crippen LogP contribution is 2.33. The lowest BCUT2D eigenvalue weighted by Crippen LogP contribution is -2.03. The SMILES string of the molecule is NCc1cccc(C(=O)c2ccc3c(c2)OCO3)c1. The summed E-state index contributed by atoms with van der Waals surface area (Å²) in [5, 5.41) is 0. The maximum atomic E-state index is 12.4. The highest BCUT2D eigenvalue weighted by Gasteiger charge is 2.17. The molecule has 0 saturated heterocycles. The molecule has 0 bridgehead atoms. The van der Waals surface area contributed by atoms with Crippen LogP contribution in [0.25, 0.3) is 0 Å². The normalized spacial score (nSPS) is 12.5. The molecule has 0 amide bonds. The lowest BCUT2D eigenvalue weighted by molar-refractivity contribution is 0.103. The molecule has 1 heterocycles. The summed E-state index contributed by atoms with van der Waals surface area (Å²) in [4.78, 5) is 12.4. The molecule has 0 aromatic heterocycles. The molecule has 96 valence electrons. The van der Waals surface area contributed by atoms with Crippen LogP contribution in [0.5, 0.6) is 11.5 Å². The van der Waals surface area contributed by atoms with Gasteiger partial charge < -0.3 is 15.2 Å². The number of benzene rings is 2. The fourth-order valence-electron chi connectivity index (χ4n) is 2.04. The van der Waals surface area contributed by atoms with E-state index in [2.05, 4.69) is 0 Å². The summed E-state index contributed by atoms with van der Waals surface area (Å²) in [6.07, 6.45) is 0. The Kier molecular flexibility index (Phi) is 2.93. The van der Waals surface area contributed by atoms with Gasteiger partial charge in [0.25, 0.3) is 0 Å². The Morgan fingerprint density at radius 2 is 1.84 bits per heavy atom. The minimum atomic E-state index is -0.0476. The molecule has 19 heavy (non-hydrogen) atoms. The van der Waals surface area contributed by atoms with Crippen molar-refractivity contribution in [2.75, 3.05) is 6.79 Å². The number of rotatable bonds is 3. The average Bonchev–Trinajstić information content (AvgIpc) is 2.94. The Morgan fingerprint density at radius 1 is 1.05 bits per heavy atom. The molecule has 2 aromatic rings. The van der Waals surface area contributed by atoms with E-state index in [1.165, 1.54) is 0 Å². The van der Waals surface area contributed by atoms with Gasteiger partial charge in [0.15, 0.2) is 17.3 Å². The zero-order valence-corrected chi connectivity index (χ0v) is 10.3. The Bertz CT molecular complexity index is 637. The van der Waals surface area contributed by atoms with Crippen molar-refractivity contribution < 1.29 is 14.3 Å².